The van der Waals surface area contributed by atoms with E-state index in [1.54, 1.807) is 6.07 Å². The van der Waals surface area contributed by atoms with Crippen molar-refractivity contribution < 1.29 is 4.79 Å². The van der Waals surface area contributed by atoms with E-state index >= 15 is 0 Å². The molecule has 0 aromatic heterocycles. The number of piperidine rings is 1. The van der Waals surface area contributed by atoms with E-state index in [1.165, 1.54) is 0 Å². The normalized spacial score (nSPS) is 22.9. The number of carbonyl (C=O) groups is 1. The van der Waals surface area contributed by atoms with E-state index in [4.69, 9.17) is 17.3 Å². The van der Waals surface area contributed by atoms with Crippen LogP contribution in [0, 0.1) is 9.49 Å². The van der Waals surface area contributed by atoms with Gasteiger partial charge in [-0.2, -0.15) is 0 Å². The molecule has 0 saturated carbocycles. The molecule has 2 N–H and O–H groups in total. The van der Waals surface area contributed by atoms with Crippen molar-refractivity contribution in [1.82, 2.24) is 4.90 Å². The van der Waals surface area contributed by atoms with Crippen molar-refractivity contribution in [3.63, 3.8) is 0 Å². The third kappa shape index (κ3) is 3.46. The number of likely N-dealkylation sites (tertiary alicyclic amines) is 1. The van der Waals surface area contributed by atoms with Gasteiger partial charge in [-0.15, -0.1) is 0 Å². The van der Waals surface area contributed by atoms with Gasteiger partial charge in [-0.05, 0) is 59.5 Å². The Kier molecular flexibility index (Phi) is 5.69. The third-order valence-electron chi connectivity index (χ3n) is 4.10. The molecule has 2 rings (SSSR count). The largest absolute Gasteiger partial charge is 0.334 e. The van der Waals surface area contributed by atoms with Crippen molar-refractivity contribution in [2.75, 3.05) is 13.1 Å². The minimum absolute atomic E-state index is 0.0494. The zero-order chi connectivity index (χ0) is 14.7. The summed E-state index contributed by atoms with van der Waals surface area (Å²) in [6.45, 7) is 3.53. The molecular weight excluding hydrogens is 387 g/mol. The predicted octanol–water partition coefficient (Wildman–Crippen LogP) is 3.53. The molecule has 1 fully saturated rings. The first kappa shape index (κ1) is 16.0. The van der Waals surface area contributed by atoms with E-state index in [0.29, 0.717) is 23.0 Å². The Bertz CT molecular complexity index is 495. The molecule has 1 aromatic rings. The van der Waals surface area contributed by atoms with Crippen LogP contribution < -0.4 is 5.73 Å². The Hall–Kier alpha value is -0.330. The van der Waals surface area contributed by atoms with E-state index in [2.05, 4.69) is 29.5 Å². The van der Waals surface area contributed by atoms with Crippen LogP contribution in [0.4, 0.5) is 0 Å². The monoisotopic (exact) mass is 406 g/mol. The van der Waals surface area contributed by atoms with Crippen molar-refractivity contribution in [2.24, 2.45) is 11.7 Å². The van der Waals surface area contributed by atoms with Gasteiger partial charge in [-0.3, -0.25) is 4.79 Å². The Morgan fingerprint density at radius 3 is 2.90 bits per heavy atom. The molecule has 2 unspecified atom stereocenters. The van der Waals surface area contributed by atoms with Gasteiger partial charge in [0.25, 0.3) is 5.91 Å². The topological polar surface area (TPSA) is 46.3 Å². The lowest BCUT2D eigenvalue weighted by molar-refractivity contribution is 0.0558. The van der Waals surface area contributed by atoms with E-state index < -0.39 is 0 Å². The summed E-state index contributed by atoms with van der Waals surface area (Å²) in [6, 6.07) is 5.63. The van der Waals surface area contributed by atoms with Crippen LogP contribution in [0.5, 0.6) is 0 Å². The van der Waals surface area contributed by atoms with Crippen LogP contribution in [0.25, 0.3) is 0 Å². The zero-order valence-electron chi connectivity index (χ0n) is 11.6. The highest BCUT2D eigenvalue weighted by Gasteiger charge is 2.30. The molecule has 1 heterocycles. The second-order valence-electron chi connectivity index (χ2n) is 5.32. The van der Waals surface area contributed by atoms with E-state index in [9.17, 15) is 4.79 Å². The molecule has 1 aliphatic rings. The number of nitrogens with two attached hydrogens (primary N) is 1. The molecule has 0 bridgehead atoms. The molecule has 1 aromatic carbocycles. The maximum atomic E-state index is 12.6. The molecule has 1 saturated heterocycles. The van der Waals surface area contributed by atoms with Crippen LogP contribution in [0.15, 0.2) is 18.2 Å². The summed E-state index contributed by atoms with van der Waals surface area (Å²) in [7, 11) is 0. The molecule has 0 spiro atoms. The van der Waals surface area contributed by atoms with Crippen molar-refractivity contribution >= 4 is 40.1 Å². The third-order valence-corrected chi connectivity index (χ3v) is 5.67. The van der Waals surface area contributed by atoms with E-state index in [1.807, 2.05) is 17.0 Å². The summed E-state index contributed by atoms with van der Waals surface area (Å²) in [4.78, 5) is 14.6. The number of carbonyl (C=O) groups excluding carboxylic acids is 1. The summed E-state index contributed by atoms with van der Waals surface area (Å²) in [5.41, 5.74) is 6.52. The number of halogens is 2. The Morgan fingerprint density at radius 2 is 2.30 bits per heavy atom. The number of amides is 1. The van der Waals surface area contributed by atoms with Crippen molar-refractivity contribution in [3.05, 3.63) is 32.4 Å². The van der Waals surface area contributed by atoms with Crippen LogP contribution in [0.1, 0.15) is 36.5 Å². The lowest BCUT2D eigenvalue weighted by Crippen LogP contribution is -2.49. The maximum Gasteiger partial charge on any atom is 0.254 e. The van der Waals surface area contributed by atoms with Gasteiger partial charge < -0.3 is 10.6 Å². The average Bonchev–Trinajstić information content (AvgIpc) is 2.48. The molecule has 20 heavy (non-hydrogen) atoms. The minimum atomic E-state index is 0.0494. The van der Waals surface area contributed by atoms with Gasteiger partial charge in [0, 0.05) is 28.3 Å². The van der Waals surface area contributed by atoms with Crippen LogP contribution in [-0.4, -0.2) is 29.9 Å². The molecule has 3 nitrogen and oxygen atoms in total. The number of hydrogen-bond donors (Lipinski definition) is 1. The van der Waals surface area contributed by atoms with Gasteiger partial charge in [0.05, 0.1) is 5.02 Å². The van der Waals surface area contributed by atoms with Crippen LogP contribution in [0.3, 0.4) is 0 Å². The molecule has 1 aliphatic heterocycles. The van der Waals surface area contributed by atoms with Gasteiger partial charge >= 0.3 is 0 Å². The fraction of sp³-hybridized carbons (Fsp3) is 0.533. The van der Waals surface area contributed by atoms with E-state index in [0.717, 1.165) is 29.4 Å². The van der Waals surface area contributed by atoms with Gasteiger partial charge in [0.1, 0.15) is 0 Å². The van der Waals surface area contributed by atoms with E-state index in [-0.39, 0.29) is 11.9 Å². The SMILES string of the molecule is CCC1CCN(C(=O)c2ccc(I)c(Cl)c2)C(CN)C1. The Morgan fingerprint density at radius 1 is 1.55 bits per heavy atom. The number of hydrogen-bond acceptors (Lipinski definition) is 2. The standard InChI is InChI=1S/C15H20ClIN2O/c1-2-10-5-6-19(12(7-10)9-18)15(20)11-3-4-14(17)13(16)8-11/h3-4,8,10,12H,2,5-7,9,18H2,1H3. The number of nitrogens with zero attached hydrogens (tertiary/aromatic N) is 1. The summed E-state index contributed by atoms with van der Waals surface area (Å²) >= 11 is 8.27. The first-order chi connectivity index (χ1) is 9.56. The first-order valence-electron chi connectivity index (χ1n) is 7.02. The summed E-state index contributed by atoms with van der Waals surface area (Å²) < 4.78 is 0.959. The molecule has 5 heteroatoms. The first-order valence-corrected chi connectivity index (χ1v) is 8.48. The number of benzene rings is 1. The summed E-state index contributed by atoms with van der Waals surface area (Å²) in [5, 5.41) is 0.629. The van der Waals surface area contributed by atoms with Gasteiger partial charge in [0.2, 0.25) is 0 Å². The fourth-order valence-electron chi connectivity index (χ4n) is 2.79. The number of rotatable bonds is 3. The smallest absolute Gasteiger partial charge is 0.254 e. The molecule has 0 radical (unpaired) electrons. The summed E-state index contributed by atoms with van der Waals surface area (Å²) in [6.07, 6.45) is 3.24. The van der Waals surface area contributed by atoms with Gasteiger partial charge in [-0.25, -0.2) is 0 Å². The molecule has 0 aliphatic carbocycles. The quantitative estimate of drug-likeness (QED) is 0.781. The Balaban J connectivity index is 2.17. The maximum absolute atomic E-state index is 12.6. The fourth-order valence-corrected chi connectivity index (χ4v) is 3.31. The zero-order valence-corrected chi connectivity index (χ0v) is 14.5. The average molecular weight is 407 g/mol. The van der Waals surface area contributed by atoms with Crippen LogP contribution in [-0.2, 0) is 0 Å². The lowest BCUT2D eigenvalue weighted by atomic mass is 9.88. The molecule has 110 valence electrons. The lowest BCUT2D eigenvalue weighted by Gasteiger charge is -2.39. The molecule has 2 atom stereocenters. The van der Waals surface area contributed by atoms with Crippen LogP contribution in [0.2, 0.25) is 5.02 Å². The summed E-state index contributed by atoms with van der Waals surface area (Å²) in [5.74, 6) is 0.737. The van der Waals surface area contributed by atoms with Gasteiger partial charge in [0.15, 0.2) is 0 Å². The highest BCUT2D eigenvalue weighted by molar-refractivity contribution is 14.1. The second kappa shape index (κ2) is 7.09. The highest BCUT2D eigenvalue weighted by atomic mass is 127. The van der Waals surface area contributed by atoms with Crippen molar-refractivity contribution in [1.29, 1.82) is 0 Å². The van der Waals surface area contributed by atoms with Crippen LogP contribution >= 0.6 is 34.2 Å². The minimum Gasteiger partial charge on any atom is -0.334 e. The molecule has 1 amide bonds. The highest BCUT2D eigenvalue weighted by Crippen LogP contribution is 2.27. The Labute approximate surface area is 139 Å². The van der Waals surface area contributed by atoms with Crippen molar-refractivity contribution in [2.45, 2.75) is 32.2 Å². The van der Waals surface area contributed by atoms with Gasteiger partial charge in [-0.1, -0.05) is 24.9 Å². The second-order valence-corrected chi connectivity index (χ2v) is 6.89. The van der Waals surface area contributed by atoms with Crippen molar-refractivity contribution in [3.8, 4) is 0 Å². The molecular formula is C15H20ClIN2O. The predicted molar refractivity (Wildman–Crippen MR) is 91.1 cm³/mol.